The molecule has 0 aliphatic carbocycles. The predicted molar refractivity (Wildman–Crippen MR) is 102 cm³/mol. The van der Waals surface area contributed by atoms with Crippen LogP contribution in [-0.2, 0) is 13.1 Å². The molecule has 0 atom stereocenters. The number of hydrogen-bond donors (Lipinski definition) is 2. The van der Waals surface area contributed by atoms with Crippen molar-refractivity contribution in [3.63, 3.8) is 0 Å². The topological polar surface area (TPSA) is 46.1 Å². The van der Waals surface area contributed by atoms with E-state index in [0.29, 0.717) is 6.54 Å². The van der Waals surface area contributed by atoms with Gasteiger partial charge in [0.05, 0.1) is 6.54 Å². The molecule has 0 aliphatic rings. The lowest BCUT2D eigenvalue weighted by Gasteiger charge is -2.13. The van der Waals surface area contributed by atoms with Crippen LogP contribution in [0.2, 0.25) is 0 Å². The molecule has 2 N–H and O–H groups in total. The summed E-state index contributed by atoms with van der Waals surface area (Å²) in [4.78, 5) is 12.2. The van der Waals surface area contributed by atoms with E-state index in [0.717, 1.165) is 29.1 Å². The normalized spacial score (nSPS) is 10.5. The molecule has 128 valence electrons. The Hall–Kier alpha value is -3.01. The van der Waals surface area contributed by atoms with Crippen molar-refractivity contribution < 1.29 is 4.79 Å². The number of carbonyl (C=O) groups excluding carboxylic acids is 1. The third-order valence-electron chi connectivity index (χ3n) is 4.19. The first-order chi connectivity index (χ1) is 12.1. The molecule has 0 radical (unpaired) electrons. The van der Waals surface area contributed by atoms with Gasteiger partial charge < -0.3 is 15.2 Å². The average Bonchev–Trinajstić information content (AvgIpc) is 3.04. The predicted octanol–water partition coefficient (Wildman–Crippen LogP) is 4.47. The molecule has 2 amide bonds. The fourth-order valence-corrected chi connectivity index (χ4v) is 2.75. The van der Waals surface area contributed by atoms with Gasteiger partial charge in [0.15, 0.2) is 0 Å². The van der Waals surface area contributed by atoms with E-state index in [1.54, 1.807) is 0 Å². The van der Waals surface area contributed by atoms with E-state index in [1.807, 2.05) is 68.6 Å². The second-order valence-corrected chi connectivity index (χ2v) is 6.24. The molecule has 0 unspecified atom stereocenters. The molecule has 0 fully saturated rings. The van der Waals surface area contributed by atoms with Crippen molar-refractivity contribution in [2.24, 2.45) is 0 Å². The van der Waals surface area contributed by atoms with E-state index in [-0.39, 0.29) is 6.03 Å². The summed E-state index contributed by atoms with van der Waals surface area (Å²) < 4.78 is 2.15. The van der Waals surface area contributed by atoms with Crippen molar-refractivity contribution in [3.8, 4) is 0 Å². The van der Waals surface area contributed by atoms with E-state index in [1.165, 1.54) is 5.56 Å². The van der Waals surface area contributed by atoms with E-state index in [2.05, 4.69) is 27.3 Å². The van der Waals surface area contributed by atoms with Gasteiger partial charge in [-0.25, -0.2) is 4.79 Å². The molecule has 3 aromatic rings. The zero-order valence-electron chi connectivity index (χ0n) is 14.6. The molecule has 0 saturated heterocycles. The van der Waals surface area contributed by atoms with Crippen LogP contribution < -0.4 is 10.6 Å². The number of benzene rings is 2. The fraction of sp³-hybridized carbons (Fsp3) is 0.190. The summed E-state index contributed by atoms with van der Waals surface area (Å²) in [7, 11) is 0. The highest BCUT2D eigenvalue weighted by molar-refractivity contribution is 5.90. The first kappa shape index (κ1) is 16.8. The molecule has 2 aromatic carbocycles. The molecule has 0 bridgehead atoms. The Morgan fingerprint density at radius 2 is 1.80 bits per heavy atom. The summed E-state index contributed by atoms with van der Waals surface area (Å²) in [6, 6.07) is 20.2. The number of nitrogens with zero attached hydrogens (tertiary/aromatic N) is 1. The van der Waals surface area contributed by atoms with Gasteiger partial charge in [-0.05, 0) is 48.7 Å². The molecule has 4 nitrogen and oxygen atoms in total. The molecule has 25 heavy (non-hydrogen) atoms. The second kappa shape index (κ2) is 7.71. The molecule has 0 saturated carbocycles. The Balaban J connectivity index is 1.59. The van der Waals surface area contributed by atoms with Crippen molar-refractivity contribution in [2.75, 3.05) is 5.32 Å². The van der Waals surface area contributed by atoms with E-state index >= 15 is 0 Å². The van der Waals surface area contributed by atoms with Crippen LogP contribution in [0.1, 0.15) is 22.4 Å². The molecule has 4 heteroatoms. The van der Waals surface area contributed by atoms with Gasteiger partial charge in [0.1, 0.15) is 0 Å². The maximum absolute atomic E-state index is 12.2. The van der Waals surface area contributed by atoms with Crippen LogP contribution in [0, 0.1) is 13.8 Å². The number of nitrogens with one attached hydrogen (secondary N) is 2. The number of rotatable bonds is 5. The Morgan fingerprint density at radius 3 is 2.60 bits per heavy atom. The quantitative estimate of drug-likeness (QED) is 0.711. The van der Waals surface area contributed by atoms with Gasteiger partial charge >= 0.3 is 6.03 Å². The maximum Gasteiger partial charge on any atom is 0.319 e. The van der Waals surface area contributed by atoms with Gasteiger partial charge in [-0.2, -0.15) is 0 Å². The second-order valence-electron chi connectivity index (χ2n) is 6.24. The van der Waals surface area contributed by atoms with Gasteiger partial charge in [-0.1, -0.05) is 42.5 Å². The summed E-state index contributed by atoms with van der Waals surface area (Å²) in [5.41, 5.74) is 5.32. The van der Waals surface area contributed by atoms with Crippen LogP contribution in [0.25, 0.3) is 0 Å². The molecule has 1 aromatic heterocycles. The van der Waals surface area contributed by atoms with Crippen molar-refractivity contribution in [1.29, 1.82) is 0 Å². The number of urea groups is 1. The number of anilines is 1. The van der Waals surface area contributed by atoms with Gasteiger partial charge in [-0.15, -0.1) is 0 Å². The first-order valence-electron chi connectivity index (χ1n) is 8.42. The minimum atomic E-state index is -0.193. The minimum absolute atomic E-state index is 0.193. The monoisotopic (exact) mass is 333 g/mol. The third kappa shape index (κ3) is 4.51. The Kier molecular flexibility index (Phi) is 5.19. The lowest BCUT2D eigenvalue weighted by atomic mass is 10.1. The zero-order chi connectivity index (χ0) is 17.6. The Labute approximate surface area is 148 Å². The third-order valence-corrected chi connectivity index (χ3v) is 4.19. The smallest absolute Gasteiger partial charge is 0.319 e. The largest absolute Gasteiger partial charge is 0.345 e. The summed E-state index contributed by atoms with van der Waals surface area (Å²) >= 11 is 0. The summed E-state index contributed by atoms with van der Waals surface area (Å²) in [6.45, 7) is 5.28. The highest BCUT2D eigenvalue weighted by Gasteiger charge is 2.07. The highest BCUT2D eigenvalue weighted by atomic mass is 16.2. The van der Waals surface area contributed by atoms with Crippen LogP contribution in [0.3, 0.4) is 0 Å². The van der Waals surface area contributed by atoms with E-state index in [9.17, 15) is 4.79 Å². The molecular formula is C21H23N3O. The van der Waals surface area contributed by atoms with Gasteiger partial charge in [0.25, 0.3) is 0 Å². The maximum atomic E-state index is 12.2. The van der Waals surface area contributed by atoms with Crippen molar-refractivity contribution in [1.82, 2.24) is 9.88 Å². The average molecular weight is 333 g/mol. The SMILES string of the molecule is Cc1ccc(C)c(NC(=O)NCc2cccn2Cc2ccccc2)c1. The molecule has 0 aliphatic heterocycles. The van der Waals surface area contributed by atoms with Crippen molar-refractivity contribution >= 4 is 11.7 Å². The van der Waals surface area contributed by atoms with Gasteiger partial charge in [-0.3, -0.25) is 0 Å². The fourth-order valence-electron chi connectivity index (χ4n) is 2.75. The van der Waals surface area contributed by atoms with Gasteiger partial charge in [0, 0.05) is 24.1 Å². The highest BCUT2D eigenvalue weighted by Crippen LogP contribution is 2.16. The van der Waals surface area contributed by atoms with E-state index in [4.69, 9.17) is 0 Å². The zero-order valence-corrected chi connectivity index (χ0v) is 14.6. The van der Waals surface area contributed by atoms with Crippen LogP contribution in [0.5, 0.6) is 0 Å². The lowest BCUT2D eigenvalue weighted by Crippen LogP contribution is -2.29. The van der Waals surface area contributed by atoms with Crippen LogP contribution in [-0.4, -0.2) is 10.6 Å². The van der Waals surface area contributed by atoms with Crippen molar-refractivity contribution in [2.45, 2.75) is 26.9 Å². The number of carbonyl (C=O) groups is 1. The van der Waals surface area contributed by atoms with Crippen molar-refractivity contribution in [3.05, 3.63) is 89.2 Å². The summed E-state index contributed by atoms with van der Waals surface area (Å²) in [5.74, 6) is 0. The van der Waals surface area contributed by atoms with Crippen LogP contribution in [0.15, 0.2) is 66.9 Å². The molecule has 0 spiro atoms. The van der Waals surface area contributed by atoms with Gasteiger partial charge in [0.2, 0.25) is 0 Å². The molecule has 3 rings (SSSR count). The van der Waals surface area contributed by atoms with E-state index < -0.39 is 0 Å². The first-order valence-corrected chi connectivity index (χ1v) is 8.42. The Morgan fingerprint density at radius 1 is 1.00 bits per heavy atom. The number of amides is 2. The summed E-state index contributed by atoms with van der Waals surface area (Å²) in [5, 5.41) is 5.86. The number of aromatic nitrogens is 1. The lowest BCUT2D eigenvalue weighted by molar-refractivity contribution is 0.251. The van der Waals surface area contributed by atoms with Crippen LogP contribution in [0.4, 0.5) is 10.5 Å². The Bertz CT molecular complexity index is 853. The standard InChI is InChI=1S/C21H23N3O/c1-16-10-11-17(2)20(13-16)23-21(25)22-14-19-9-6-12-24(19)15-18-7-4-3-5-8-18/h3-13H,14-15H2,1-2H3,(H2,22,23,25). The minimum Gasteiger partial charge on any atom is -0.345 e. The van der Waals surface area contributed by atoms with Crippen LogP contribution >= 0.6 is 0 Å². The summed E-state index contributed by atoms with van der Waals surface area (Å²) in [6.07, 6.45) is 2.03. The molecular weight excluding hydrogens is 310 g/mol. The number of aryl methyl sites for hydroxylation is 2. The molecule has 1 heterocycles. The number of hydrogen-bond acceptors (Lipinski definition) is 1.